The van der Waals surface area contributed by atoms with Crippen LogP contribution in [0.2, 0.25) is 0 Å². The van der Waals surface area contributed by atoms with Crippen LogP contribution in [0.1, 0.15) is 30.1 Å². The molecule has 1 unspecified atom stereocenters. The Morgan fingerprint density at radius 1 is 1.43 bits per heavy atom. The van der Waals surface area contributed by atoms with Gasteiger partial charge in [0.1, 0.15) is 0 Å². The summed E-state index contributed by atoms with van der Waals surface area (Å²) >= 11 is 0. The average Bonchev–Trinajstić information content (AvgIpc) is 2.93. The number of nitrogens with one attached hydrogen (secondary N) is 2. The van der Waals surface area contributed by atoms with Gasteiger partial charge >= 0.3 is 0 Å². The zero-order chi connectivity index (χ0) is 14.8. The Morgan fingerprint density at radius 3 is 3.10 bits per heavy atom. The Hall–Kier alpha value is -2.37. The van der Waals surface area contributed by atoms with Crippen molar-refractivity contribution in [2.45, 2.75) is 25.8 Å². The molecule has 1 aliphatic heterocycles. The predicted octanol–water partition coefficient (Wildman–Crippen LogP) is 1.30. The van der Waals surface area contributed by atoms with Crippen molar-refractivity contribution in [3.63, 3.8) is 0 Å². The molecule has 2 N–H and O–H groups in total. The number of piperidine rings is 1. The molecular weight excluding hydrogens is 268 g/mol. The number of hydrogen-bond acceptors (Lipinski definition) is 3. The molecule has 0 saturated carbocycles. The van der Waals surface area contributed by atoms with Gasteiger partial charge in [-0.3, -0.25) is 9.59 Å². The zero-order valence-corrected chi connectivity index (χ0v) is 11.9. The van der Waals surface area contributed by atoms with Gasteiger partial charge < -0.3 is 15.2 Å². The summed E-state index contributed by atoms with van der Waals surface area (Å²) < 4.78 is 0. The molecule has 2 aromatic rings. The minimum atomic E-state index is -0.0480. The van der Waals surface area contributed by atoms with E-state index in [0.717, 1.165) is 30.4 Å². The second-order valence-corrected chi connectivity index (χ2v) is 5.43. The fourth-order valence-corrected chi connectivity index (χ4v) is 2.82. The number of aromatic amines is 1. The van der Waals surface area contributed by atoms with Gasteiger partial charge in [-0.15, -0.1) is 0 Å². The second kappa shape index (κ2) is 5.55. The number of aromatic nitrogens is 2. The van der Waals surface area contributed by atoms with Crippen molar-refractivity contribution in [1.29, 1.82) is 0 Å². The largest absolute Gasteiger partial charge is 0.352 e. The van der Waals surface area contributed by atoms with Crippen LogP contribution in [0.3, 0.4) is 0 Å². The highest BCUT2D eigenvalue weighted by Crippen LogP contribution is 2.17. The molecule has 110 valence electrons. The Labute approximate surface area is 122 Å². The third-order valence-corrected chi connectivity index (χ3v) is 3.78. The maximum Gasteiger partial charge on any atom is 0.254 e. The first-order valence-electron chi connectivity index (χ1n) is 7.13. The van der Waals surface area contributed by atoms with Gasteiger partial charge in [-0.1, -0.05) is 0 Å². The Morgan fingerprint density at radius 2 is 2.29 bits per heavy atom. The lowest BCUT2D eigenvalue weighted by Gasteiger charge is -2.33. The van der Waals surface area contributed by atoms with Crippen molar-refractivity contribution in [2.75, 3.05) is 13.1 Å². The van der Waals surface area contributed by atoms with Crippen molar-refractivity contribution in [3.8, 4) is 0 Å². The summed E-state index contributed by atoms with van der Waals surface area (Å²) in [5.74, 6) is -0.0465. The molecule has 1 atom stereocenters. The summed E-state index contributed by atoms with van der Waals surface area (Å²) in [5.41, 5.74) is 2.35. The number of hydrogen-bond donors (Lipinski definition) is 2. The standard InChI is InChI=1S/C15H18N4O2/c1-10(20)18-12-3-2-6-19(8-12)15(21)11-4-5-13-14(7-11)17-9-16-13/h4-5,7,9,12H,2-3,6,8H2,1H3,(H,16,17)(H,18,20). The van der Waals surface area contributed by atoms with Crippen LogP contribution in [-0.2, 0) is 4.79 Å². The smallest absolute Gasteiger partial charge is 0.254 e. The number of imidazole rings is 1. The second-order valence-electron chi connectivity index (χ2n) is 5.43. The number of carbonyl (C=O) groups is 2. The molecule has 1 aliphatic rings. The minimum Gasteiger partial charge on any atom is -0.352 e. The molecular formula is C15H18N4O2. The first-order valence-corrected chi connectivity index (χ1v) is 7.13. The summed E-state index contributed by atoms with van der Waals surface area (Å²) in [7, 11) is 0. The Kier molecular flexibility index (Phi) is 3.60. The van der Waals surface area contributed by atoms with Gasteiger partial charge in [0.15, 0.2) is 0 Å². The van der Waals surface area contributed by atoms with E-state index in [9.17, 15) is 9.59 Å². The van der Waals surface area contributed by atoms with Crippen LogP contribution < -0.4 is 5.32 Å². The van der Waals surface area contributed by atoms with Gasteiger partial charge in [0.05, 0.1) is 17.4 Å². The molecule has 3 rings (SSSR count). The molecule has 0 aliphatic carbocycles. The molecule has 0 radical (unpaired) electrons. The van der Waals surface area contributed by atoms with E-state index in [1.165, 1.54) is 6.92 Å². The fraction of sp³-hybridized carbons (Fsp3) is 0.400. The minimum absolute atomic E-state index is 0.00144. The number of benzene rings is 1. The number of likely N-dealkylation sites (tertiary alicyclic amines) is 1. The fourth-order valence-electron chi connectivity index (χ4n) is 2.82. The molecule has 1 saturated heterocycles. The number of carbonyl (C=O) groups excluding carboxylic acids is 2. The number of fused-ring (bicyclic) bond motifs is 1. The normalized spacial score (nSPS) is 18.7. The van der Waals surface area contributed by atoms with Crippen LogP contribution in [0.25, 0.3) is 11.0 Å². The molecule has 2 heterocycles. The van der Waals surface area contributed by atoms with E-state index in [1.807, 2.05) is 17.0 Å². The lowest BCUT2D eigenvalue weighted by atomic mass is 10.0. The number of amides is 2. The van der Waals surface area contributed by atoms with Gasteiger partial charge in [0.25, 0.3) is 5.91 Å². The first kappa shape index (κ1) is 13.6. The van der Waals surface area contributed by atoms with Gasteiger partial charge in [-0.05, 0) is 31.0 Å². The molecule has 0 bridgehead atoms. The summed E-state index contributed by atoms with van der Waals surface area (Å²) in [5, 5.41) is 2.89. The topological polar surface area (TPSA) is 78.1 Å². The number of nitrogens with zero attached hydrogens (tertiary/aromatic N) is 2. The average molecular weight is 286 g/mol. The van der Waals surface area contributed by atoms with Gasteiger partial charge in [-0.25, -0.2) is 4.98 Å². The molecule has 1 aromatic heterocycles. The maximum absolute atomic E-state index is 12.6. The van der Waals surface area contributed by atoms with Crippen LogP contribution >= 0.6 is 0 Å². The van der Waals surface area contributed by atoms with Crippen LogP contribution in [-0.4, -0.2) is 45.8 Å². The highest BCUT2D eigenvalue weighted by Gasteiger charge is 2.25. The number of H-pyrrole nitrogens is 1. The molecule has 1 fully saturated rings. The highest BCUT2D eigenvalue weighted by atomic mass is 16.2. The van der Waals surface area contributed by atoms with E-state index >= 15 is 0 Å². The van der Waals surface area contributed by atoms with Crippen molar-refractivity contribution in [2.24, 2.45) is 0 Å². The van der Waals surface area contributed by atoms with Crippen LogP contribution in [0.15, 0.2) is 24.5 Å². The molecule has 0 spiro atoms. The predicted molar refractivity (Wildman–Crippen MR) is 78.8 cm³/mol. The van der Waals surface area contributed by atoms with Gasteiger partial charge in [-0.2, -0.15) is 0 Å². The summed E-state index contributed by atoms with van der Waals surface area (Å²) in [4.78, 5) is 32.7. The molecule has 1 aromatic carbocycles. The number of rotatable bonds is 2. The van der Waals surface area contributed by atoms with Gasteiger partial charge in [0.2, 0.25) is 5.91 Å². The van der Waals surface area contributed by atoms with Crippen LogP contribution in [0, 0.1) is 0 Å². The quantitative estimate of drug-likeness (QED) is 0.873. The SMILES string of the molecule is CC(=O)NC1CCCN(C(=O)c2ccc3nc[nH]c3c2)C1. The monoisotopic (exact) mass is 286 g/mol. The maximum atomic E-state index is 12.6. The van der Waals surface area contributed by atoms with E-state index < -0.39 is 0 Å². The molecule has 2 amide bonds. The molecule has 6 heteroatoms. The summed E-state index contributed by atoms with van der Waals surface area (Å²) in [6.07, 6.45) is 3.44. The zero-order valence-electron chi connectivity index (χ0n) is 11.9. The van der Waals surface area contributed by atoms with E-state index in [-0.39, 0.29) is 17.9 Å². The van der Waals surface area contributed by atoms with Gasteiger partial charge in [0, 0.05) is 31.6 Å². The summed E-state index contributed by atoms with van der Waals surface area (Å²) in [6.45, 7) is 2.81. The van der Waals surface area contributed by atoms with Crippen LogP contribution in [0.5, 0.6) is 0 Å². The summed E-state index contributed by atoms with van der Waals surface area (Å²) in [6, 6.07) is 5.52. The lowest BCUT2D eigenvalue weighted by Crippen LogP contribution is -2.49. The third-order valence-electron chi connectivity index (χ3n) is 3.78. The van der Waals surface area contributed by atoms with Crippen molar-refractivity contribution in [1.82, 2.24) is 20.2 Å². The highest BCUT2D eigenvalue weighted by molar-refractivity contribution is 5.97. The molecule has 6 nitrogen and oxygen atoms in total. The van der Waals surface area contributed by atoms with Crippen molar-refractivity contribution < 1.29 is 9.59 Å². The van der Waals surface area contributed by atoms with E-state index in [0.29, 0.717) is 12.1 Å². The van der Waals surface area contributed by atoms with Crippen molar-refractivity contribution >= 4 is 22.8 Å². The third kappa shape index (κ3) is 2.89. The van der Waals surface area contributed by atoms with Crippen LogP contribution in [0.4, 0.5) is 0 Å². The van der Waals surface area contributed by atoms with E-state index in [4.69, 9.17) is 0 Å². The first-order chi connectivity index (χ1) is 10.1. The van der Waals surface area contributed by atoms with E-state index in [2.05, 4.69) is 15.3 Å². The van der Waals surface area contributed by atoms with E-state index in [1.54, 1.807) is 12.4 Å². The Balaban J connectivity index is 1.75. The lowest BCUT2D eigenvalue weighted by molar-refractivity contribution is -0.120. The Bertz CT molecular complexity index is 679. The molecule has 21 heavy (non-hydrogen) atoms. The van der Waals surface area contributed by atoms with Crippen molar-refractivity contribution in [3.05, 3.63) is 30.1 Å².